The molecular weight excluding hydrogens is 344 g/mol. The molecule has 2 amide bonds. The fourth-order valence-electron chi connectivity index (χ4n) is 4.44. The van der Waals surface area contributed by atoms with Crippen LogP contribution in [0.1, 0.15) is 23.2 Å². The molecule has 2 heterocycles. The van der Waals surface area contributed by atoms with Crippen LogP contribution in [0.4, 0.5) is 0 Å². The molecule has 0 bridgehead atoms. The number of hydrogen-bond acceptors (Lipinski definition) is 5. The van der Waals surface area contributed by atoms with E-state index in [1.165, 1.54) is 0 Å². The van der Waals surface area contributed by atoms with Gasteiger partial charge in [0.05, 0.1) is 19.7 Å². The zero-order chi connectivity index (χ0) is 19.0. The summed E-state index contributed by atoms with van der Waals surface area (Å²) < 4.78 is 5.19. The van der Waals surface area contributed by atoms with E-state index in [9.17, 15) is 9.59 Å². The van der Waals surface area contributed by atoms with Gasteiger partial charge in [0.2, 0.25) is 5.91 Å². The van der Waals surface area contributed by atoms with Gasteiger partial charge in [0.25, 0.3) is 5.91 Å². The molecular formula is C20H24N4O3. The molecule has 3 atom stereocenters. The largest absolute Gasteiger partial charge is 0.497 e. The van der Waals surface area contributed by atoms with Crippen LogP contribution < -0.4 is 10.1 Å². The van der Waals surface area contributed by atoms with Crippen molar-refractivity contribution < 1.29 is 14.3 Å². The first-order valence-corrected chi connectivity index (χ1v) is 9.48. The van der Waals surface area contributed by atoms with E-state index in [0.29, 0.717) is 35.7 Å². The van der Waals surface area contributed by atoms with Crippen LogP contribution >= 0.6 is 0 Å². The van der Waals surface area contributed by atoms with Crippen LogP contribution in [0.3, 0.4) is 0 Å². The third-order valence-corrected chi connectivity index (χ3v) is 6.01. The van der Waals surface area contributed by atoms with Crippen molar-refractivity contribution in [1.82, 2.24) is 15.1 Å². The lowest BCUT2D eigenvalue weighted by Crippen LogP contribution is -2.43. The lowest BCUT2D eigenvalue weighted by atomic mass is 10.2. The second kappa shape index (κ2) is 7.20. The average Bonchev–Trinajstić information content (AvgIpc) is 3.09. The fourth-order valence-corrected chi connectivity index (χ4v) is 4.44. The van der Waals surface area contributed by atoms with Gasteiger partial charge in [0.15, 0.2) is 0 Å². The van der Waals surface area contributed by atoms with E-state index >= 15 is 0 Å². The molecule has 3 fully saturated rings. The Labute approximate surface area is 158 Å². The van der Waals surface area contributed by atoms with Crippen molar-refractivity contribution in [1.29, 1.82) is 5.26 Å². The van der Waals surface area contributed by atoms with Gasteiger partial charge in [-0.2, -0.15) is 5.26 Å². The maximum atomic E-state index is 12.7. The third kappa shape index (κ3) is 3.37. The van der Waals surface area contributed by atoms with Gasteiger partial charge in [0.1, 0.15) is 11.8 Å². The summed E-state index contributed by atoms with van der Waals surface area (Å²) in [4.78, 5) is 28.5. The summed E-state index contributed by atoms with van der Waals surface area (Å²) in [5, 5.41) is 12.4. The number of rotatable bonds is 5. The Kier molecular flexibility index (Phi) is 4.75. The van der Waals surface area contributed by atoms with E-state index in [0.717, 1.165) is 25.9 Å². The van der Waals surface area contributed by atoms with Crippen LogP contribution in [0.5, 0.6) is 5.75 Å². The van der Waals surface area contributed by atoms with E-state index < -0.39 is 0 Å². The summed E-state index contributed by atoms with van der Waals surface area (Å²) in [5.74, 6) is 1.55. The molecule has 4 rings (SSSR count). The third-order valence-electron chi connectivity index (χ3n) is 6.01. The van der Waals surface area contributed by atoms with Crippen LogP contribution in [-0.4, -0.2) is 67.0 Å². The first-order chi connectivity index (χ1) is 13.1. The van der Waals surface area contributed by atoms with Crippen LogP contribution in [0.25, 0.3) is 0 Å². The van der Waals surface area contributed by atoms with Crippen molar-refractivity contribution in [2.75, 3.05) is 33.3 Å². The number of benzene rings is 1. The highest BCUT2D eigenvalue weighted by Gasteiger charge is 2.56. The highest BCUT2D eigenvalue weighted by molar-refractivity contribution is 5.95. The molecule has 1 N–H and O–H groups in total. The molecule has 0 spiro atoms. The molecule has 0 aromatic heterocycles. The van der Waals surface area contributed by atoms with E-state index in [4.69, 9.17) is 10.00 Å². The van der Waals surface area contributed by atoms with E-state index in [-0.39, 0.29) is 24.4 Å². The van der Waals surface area contributed by atoms with Crippen LogP contribution in [0.15, 0.2) is 24.3 Å². The Morgan fingerprint density at radius 1 is 1.33 bits per heavy atom. The van der Waals surface area contributed by atoms with Gasteiger partial charge in [0, 0.05) is 31.2 Å². The quantitative estimate of drug-likeness (QED) is 0.834. The summed E-state index contributed by atoms with van der Waals surface area (Å²) in [6.45, 7) is 2.40. The predicted octanol–water partition coefficient (Wildman–Crippen LogP) is 0.870. The molecule has 2 unspecified atom stereocenters. The molecule has 1 aromatic carbocycles. The molecule has 142 valence electrons. The highest BCUT2D eigenvalue weighted by atomic mass is 16.5. The van der Waals surface area contributed by atoms with Crippen LogP contribution in [0.2, 0.25) is 0 Å². The number of likely N-dealkylation sites (tertiary alicyclic amines) is 2. The molecule has 27 heavy (non-hydrogen) atoms. The second-order valence-electron chi connectivity index (χ2n) is 7.55. The molecule has 0 radical (unpaired) electrons. The lowest BCUT2D eigenvalue weighted by molar-refractivity contribution is -0.130. The maximum absolute atomic E-state index is 12.7. The number of fused-ring (bicyclic) bond motifs is 1. The maximum Gasteiger partial charge on any atom is 0.254 e. The number of carbonyl (C=O) groups excluding carboxylic acids is 2. The van der Waals surface area contributed by atoms with Gasteiger partial charge in [-0.15, -0.1) is 0 Å². The van der Waals surface area contributed by atoms with E-state index in [1.54, 1.807) is 18.1 Å². The molecule has 7 nitrogen and oxygen atoms in total. The van der Waals surface area contributed by atoms with E-state index in [2.05, 4.69) is 11.4 Å². The topological polar surface area (TPSA) is 85.7 Å². The minimum Gasteiger partial charge on any atom is -0.497 e. The zero-order valence-corrected chi connectivity index (χ0v) is 15.4. The van der Waals surface area contributed by atoms with Crippen LogP contribution in [-0.2, 0) is 4.79 Å². The molecule has 3 aliphatic rings. The summed E-state index contributed by atoms with van der Waals surface area (Å²) in [6, 6.07) is 9.46. The molecule has 2 aliphatic heterocycles. The minimum atomic E-state index is -0.269. The number of methoxy groups -OCH3 is 1. The molecule has 1 saturated carbocycles. The van der Waals surface area contributed by atoms with Crippen molar-refractivity contribution in [3.8, 4) is 11.8 Å². The van der Waals surface area contributed by atoms with Gasteiger partial charge in [-0.25, -0.2) is 0 Å². The lowest BCUT2D eigenvalue weighted by Gasteiger charge is -2.22. The summed E-state index contributed by atoms with van der Waals surface area (Å²) >= 11 is 0. The Hall–Kier alpha value is -2.59. The van der Waals surface area contributed by atoms with Crippen molar-refractivity contribution in [3.05, 3.63) is 29.8 Å². The van der Waals surface area contributed by atoms with Crippen molar-refractivity contribution in [2.24, 2.45) is 11.8 Å². The highest BCUT2D eigenvalue weighted by Crippen LogP contribution is 2.45. The average molecular weight is 368 g/mol. The minimum absolute atomic E-state index is 0.00772. The smallest absolute Gasteiger partial charge is 0.254 e. The number of nitriles is 1. The van der Waals surface area contributed by atoms with Crippen molar-refractivity contribution in [3.63, 3.8) is 0 Å². The molecule has 2 saturated heterocycles. The molecule has 1 aromatic rings. The first-order valence-electron chi connectivity index (χ1n) is 9.48. The zero-order valence-electron chi connectivity index (χ0n) is 15.4. The van der Waals surface area contributed by atoms with Gasteiger partial charge in [-0.05, 0) is 42.9 Å². The number of nitrogens with zero attached hydrogens (tertiary/aromatic N) is 3. The van der Waals surface area contributed by atoms with Gasteiger partial charge >= 0.3 is 0 Å². The van der Waals surface area contributed by atoms with Gasteiger partial charge < -0.3 is 19.9 Å². The van der Waals surface area contributed by atoms with Gasteiger partial charge in [-0.3, -0.25) is 9.59 Å². The Morgan fingerprint density at radius 2 is 2.11 bits per heavy atom. The number of piperidine rings is 1. The molecule has 7 heteroatoms. The summed E-state index contributed by atoms with van der Waals surface area (Å²) in [5.41, 5.74) is 0.645. The summed E-state index contributed by atoms with van der Waals surface area (Å²) in [7, 11) is 1.59. The standard InChI is InChI=1S/C20H24N4O3/c1-27-15-6-2-4-13(8-15)20(26)23-11-16-17(12-23)19(16)22-10-18(25)24-7-3-5-14(24)9-21/h2,4,6,8,14,16-17,19,22H,3,5,7,10-12H2,1H3/t14-,16?,17?,19?/m0/s1. The normalized spacial score (nSPS) is 28.6. The number of hydrogen-bond donors (Lipinski definition) is 1. The monoisotopic (exact) mass is 368 g/mol. The Balaban J connectivity index is 1.26. The number of nitrogens with one attached hydrogen (secondary N) is 1. The predicted molar refractivity (Wildman–Crippen MR) is 98.0 cm³/mol. The Morgan fingerprint density at radius 3 is 2.81 bits per heavy atom. The number of carbonyl (C=O) groups is 2. The second-order valence-corrected chi connectivity index (χ2v) is 7.55. The first kappa shape index (κ1) is 17.8. The number of amides is 2. The van der Waals surface area contributed by atoms with Gasteiger partial charge in [-0.1, -0.05) is 6.07 Å². The number of ether oxygens (including phenoxy) is 1. The summed E-state index contributed by atoms with van der Waals surface area (Å²) in [6.07, 6.45) is 1.68. The van der Waals surface area contributed by atoms with Crippen molar-refractivity contribution in [2.45, 2.75) is 24.9 Å². The molecule has 1 aliphatic carbocycles. The van der Waals surface area contributed by atoms with Crippen LogP contribution in [0, 0.1) is 23.2 Å². The van der Waals surface area contributed by atoms with E-state index in [1.807, 2.05) is 23.1 Å². The Bertz CT molecular complexity index is 778. The fraction of sp³-hybridized carbons (Fsp3) is 0.550. The SMILES string of the molecule is COc1cccc(C(=O)N2CC3C(C2)C3NCC(=O)N2CCC[C@H]2C#N)c1. The van der Waals surface area contributed by atoms with Crippen molar-refractivity contribution >= 4 is 11.8 Å².